The van der Waals surface area contributed by atoms with Crippen molar-refractivity contribution in [2.75, 3.05) is 13.7 Å². The molecule has 0 bridgehead atoms. The zero-order valence-electron chi connectivity index (χ0n) is 14.3. The maximum atomic E-state index is 12.2. The van der Waals surface area contributed by atoms with Crippen LogP contribution in [0.15, 0.2) is 52.0 Å². The quantitative estimate of drug-likeness (QED) is 0.518. The van der Waals surface area contributed by atoms with Crippen LogP contribution < -0.4 is 14.9 Å². The number of hydrogen-bond acceptors (Lipinski definition) is 5. The summed E-state index contributed by atoms with van der Waals surface area (Å²) in [4.78, 5) is 12.2. The Hall–Kier alpha value is -2.99. The van der Waals surface area contributed by atoms with Gasteiger partial charge in [0.15, 0.2) is 17.3 Å². The molecule has 134 valence electrons. The van der Waals surface area contributed by atoms with Crippen molar-refractivity contribution in [3.63, 3.8) is 0 Å². The molecular formula is C19H17ClN2O4. The van der Waals surface area contributed by atoms with Crippen molar-refractivity contribution >= 4 is 34.7 Å². The highest BCUT2D eigenvalue weighted by molar-refractivity contribution is 6.31. The van der Waals surface area contributed by atoms with Crippen LogP contribution in [0.25, 0.3) is 11.0 Å². The Morgan fingerprint density at radius 1 is 1.23 bits per heavy atom. The van der Waals surface area contributed by atoms with E-state index in [1.54, 1.807) is 49.6 Å². The first-order valence-electron chi connectivity index (χ1n) is 7.94. The molecule has 3 aromatic rings. The molecular weight excluding hydrogens is 356 g/mol. The molecule has 0 aliphatic heterocycles. The van der Waals surface area contributed by atoms with Crippen LogP contribution in [-0.4, -0.2) is 25.8 Å². The van der Waals surface area contributed by atoms with E-state index >= 15 is 0 Å². The Morgan fingerprint density at radius 2 is 2.08 bits per heavy atom. The van der Waals surface area contributed by atoms with Gasteiger partial charge in [0.25, 0.3) is 0 Å². The third-order valence-electron chi connectivity index (χ3n) is 3.57. The molecule has 1 heterocycles. The van der Waals surface area contributed by atoms with Gasteiger partial charge in [-0.05, 0) is 55.0 Å². The number of rotatable bonds is 6. The lowest BCUT2D eigenvalue weighted by Gasteiger charge is -2.09. The highest BCUT2D eigenvalue weighted by Gasteiger charge is 2.12. The van der Waals surface area contributed by atoms with Gasteiger partial charge in [0.1, 0.15) is 5.58 Å². The molecule has 1 N–H and O–H groups in total. The van der Waals surface area contributed by atoms with Crippen LogP contribution >= 0.6 is 11.6 Å². The molecule has 0 fully saturated rings. The molecule has 3 rings (SSSR count). The number of fused-ring (bicyclic) bond motifs is 1. The predicted molar refractivity (Wildman–Crippen MR) is 100 cm³/mol. The Morgan fingerprint density at radius 3 is 2.85 bits per heavy atom. The molecule has 0 saturated carbocycles. The summed E-state index contributed by atoms with van der Waals surface area (Å²) in [5.41, 5.74) is 3.77. The molecule has 0 unspecified atom stereocenters. The first-order chi connectivity index (χ1) is 12.6. The maximum absolute atomic E-state index is 12.2. The van der Waals surface area contributed by atoms with E-state index in [1.165, 1.54) is 6.21 Å². The Balaban J connectivity index is 1.71. The second-order valence-electron chi connectivity index (χ2n) is 5.34. The van der Waals surface area contributed by atoms with Crippen LogP contribution in [0.5, 0.6) is 11.5 Å². The number of ether oxygens (including phenoxy) is 2. The van der Waals surface area contributed by atoms with E-state index in [1.807, 2.05) is 6.92 Å². The van der Waals surface area contributed by atoms with E-state index in [9.17, 15) is 4.79 Å². The highest BCUT2D eigenvalue weighted by atomic mass is 35.5. The van der Waals surface area contributed by atoms with Crippen molar-refractivity contribution in [2.24, 2.45) is 5.10 Å². The number of nitrogens with one attached hydrogen (secondary N) is 1. The standard InChI is InChI=1S/C19H17ClN2O4/c1-3-25-17-8-12(4-6-16(17)24-2)11-21-22-19(23)18-10-13-9-14(20)5-7-15(13)26-18/h4-11H,3H2,1-2H3,(H,22,23)/b21-11+. The number of hydrogen-bond donors (Lipinski definition) is 1. The van der Waals surface area contributed by atoms with Gasteiger partial charge >= 0.3 is 5.91 Å². The number of carbonyl (C=O) groups excluding carboxylic acids is 1. The fourth-order valence-corrected chi connectivity index (χ4v) is 2.57. The van der Waals surface area contributed by atoms with Crippen molar-refractivity contribution in [3.8, 4) is 11.5 Å². The van der Waals surface area contributed by atoms with Crippen LogP contribution in [0.4, 0.5) is 0 Å². The van der Waals surface area contributed by atoms with Crippen LogP contribution in [0, 0.1) is 0 Å². The summed E-state index contributed by atoms with van der Waals surface area (Å²) in [6.07, 6.45) is 1.51. The summed E-state index contributed by atoms with van der Waals surface area (Å²) in [5, 5.41) is 5.29. The van der Waals surface area contributed by atoms with Crippen molar-refractivity contribution in [3.05, 3.63) is 58.8 Å². The summed E-state index contributed by atoms with van der Waals surface area (Å²) < 4.78 is 16.2. The molecule has 6 nitrogen and oxygen atoms in total. The molecule has 0 radical (unpaired) electrons. The third-order valence-corrected chi connectivity index (χ3v) is 3.80. The van der Waals surface area contributed by atoms with E-state index in [0.29, 0.717) is 28.7 Å². The van der Waals surface area contributed by atoms with Crippen LogP contribution in [0.3, 0.4) is 0 Å². The number of halogens is 1. The molecule has 0 atom stereocenters. The van der Waals surface area contributed by atoms with Crippen molar-refractivity contribution in [1.29, 1.82) is 0 Å². The topological polar surface area (TPSA) is 73.1 Å². The molecule has 0 spiro atoms. The van der Waals surface area contributed by atoms with E-state index < -0.39 is 5.91 Å². The van der Waals surface area contributed by atoms with Crippen molar-refractivity contribution < 1.29 is 18.7 Å². The van der Waals surface area contributed by atoms with E-state index in [0.717, 1.165) is 10.9 Å². The normalized spacial score (nSPS) is 11.0. The van der Waals surface area contributed by atoms with Crippen molar-refractivity contribution in [2.45, 2.75) is 6.92 Å². The SMILES string of the molecule is CCOc1cc(/C=N/NC(=O)c2cc3cc(Cl)ccc3o2)ccc1OC. The Kier molecular flexibility index (Phi) is 5.43. The second-order valence-corrected chi connectivity index (χ2v) is 5.77. The van der Waals surface area contributed by atoms with Gasteiger partial charge in [0, 0.05) is 10.4 Å². The van der Waals surface area contributed by atoms with Gasteiger partial charge in [0.05, 0.1) is 19.9 Å². The fourth-order valence-electron chi connectivity index (χ4n) is 2.39. The fraction of sp³-hybridized carbons (Fsp3) is 0.158. The largest absolute Gasteiger partial charge is 0.493 e. The lowest BCUT2D eigenvalue weighted by molar-refractivity contribution is 0.0929. The smallest absolute Gasteiger partial charge is 0.307 e. The zero-order chi connectivity index (χ0) is 18.5. The summed E-state index contributed by atoms with van der Waals surface area (Å²) >= 11 is 5.93. The maximum Gasteiger partial charge on any atom is 0.307 e. The molecule has 26 heavy (non-hydrogen) atoms. The van der Waals surface area contributed by atoms with Gasteiger partial charge < -0.3 is 13.9 Å². The zero-order valence-corrected chi connectivity index (χ0v) is 15.0. The van der Waals surface area contributed by atoms with Crippen LogP contribution in [0.1, 0.15) is 23.0 Å². The number of hydrazone groups is 1. The Labute approximate surface area is 155 Å². The van der Waals surface area contributed by atoms with Gasteiger partial charge in [0.2, 0.25) is 0 Å². The average molecular weight is 373 g/mol. The van der Waals surface area contributed by atoms with Gasteiger partial charge in [-0.15, -0.1) is 0 Å². The lowest BCUT2D eigenvalue weighted by atomic mass is 10.2. The predicted octanol–water partition coefficient (Wildman–Crippen LogP) is 4.26. The average Bonchev–Trinajstić information content (AvgIpc) is 3.05. The second kappa shape index (κ2) is 7.93. The van der Waals surface area contributed by atoms with Gasteiger partial charge in [-0.3, -0.25) is 4.79 Å². The van der Waals surface area contributed by atoms with E-state index in [2.05, 4.69) is 10.5 Å². The number of carbonyl (C=O) groups is 1. The number of methoxy groups -OCH3 is 1. The van der Waals surface area contributed by atoms with Crippen LogP contribution in [-0.2, 0) is 0 Å². The number of benzene rings is 2. The molecule has 7 heteroatoms. The summed E-state index contributed by atoms with van der Waals surface area (Å²) in [6.45, 7) is 2.41. The van der Waals surface area contributed by atoms with Gasteiger partial charge in [-0.2, -0.15) is 5.10 Å². The molecule has 1 aromatic heterocycles. The molecule has 0 aliphatic carbocycles. The van der Waals surface area contributed by atoms with Gasteiger partial charge in [-0.25, -0.2) is 5.43 Å². The highest BCUT2D eigenvalue weighted by Crippen LogP contribution is 2.27. The number of amides is 1. The first-order valence-corrected chi connectivity index (χ1v) is 8.32. The molecule has 0 aliphatic rings. The molecule has 2 aromatic carbocycles. The van der Waals surface area contributed by atoms with Crippen molar-refractivity contribution in [1.82, 2.24) is 5.43 Å². The summed E-state index contributed by atoms with van der Waals surface area (Å²) in [7, 11) is 1.58. The molecule has 1 amide bonds. The van der Waals surface area contributed by atoms with E-state index in [4.69, 9.17) is 25.5 Å². The third kappa shape index (κ3) is 3.97. The summed E-state index contributed by atoms with van der Waals surface area (Å²) in [5.74, 6) is 0.949. The van der Waals surface area contributed by atoms with Crippen LogP contribution in [0.2, 0.25) is 5.02 Å². The Bertz CT molecular complexity index is 965. The first kappa shape index (κ1) is 17.8. The minimum atomic E-state index is -0.452. The summed E-state index contributed by atoms with van der Waals surface area (Å²) in [6, 6.07) is 12.1. The van der Waals surface area contributed by atoms with E-state index in [-0.39, 0.29) is 5.76 Å². The minimum Gasteiger partial charge on any atom is -0.493 e. The number of nitrogens with zero attached hydrogens (tertiary/aromatic N) is 1. The number of furan rings is 1. The minimum absolute atomic E-state index is 0.157. The monoisotopic (exact) mass is 372 g/mol. The molecule has 0 saturated heterocycles. The lowest BCUT2D eigenvalue weighted by Crippen LogP contribution is -2.16. The van der Waals surface area contributed by atoms with Gasteiger partial charge in [-0.1, -0.05) is 11.6 Å².